The van der Waals surface area contributed by atoms with Crippen LogP contribution < -0.4 is 5.73 Å². The third-order valence-electron chi connectivity index (χ3n) is 3.70. The van der Waals surface area contributed by atoms with Crippen molar-refractivity contribution in [2.75, 3.05) is 5.73 Å². The smallest absolute Gasteiger partial charge is 0.113 e. The van der Waals surface area contributed by atoms with Crippen molar-refractivity contribution >= 4 is 16.5 Å². The Balaban J connectivity index is 1.74. The predicted octanol–water partition coefficient (Wildman–Crippen LogP) is 3.67. The molecule has 1 heterocycles. The summed E-state index contributed by atoms with van der Waals surface area (Å²) in [5.74, 6) is 0. The Morgan fingerprint density at radius 3 is 2.41 bits per heavy atom. The van der Waals surface area contributed by atoms with Crippen LogP contribution in [0.15, 0.2) is 72.9 Å². The fourth-order valence-electron chi connectivity index (χ4n) is 2.50. The highest BCUT2D eigenvalue weighted by Gasteiger charge is 2.06. The molecule has 0 spiro atoms. The molecule has 0 unspecified atom stereocenters. The van der Waals surface area contributed by atoms with E-state index in [0.717, 1.165) is 22.6 Å². The summed E-state index contributed by atoms with van der Waals surface area (Å²) in [6, 6.07) is 22.1. The summed E-state index contributed by atoms with van der Waals surface area (Å²) in [6.07, 6.45) is 1.93. The van der Waals surface area contributed by atoms with Gasteiger partial charge in [-0.3, -0.25) is 0 Å². The quantitative estimate of drug-likeness (QED) is 0.572. The van der Waals surface area contributed by atoms with Crippen molar-refractivity contribution in [2.24, 2.45) is 0 Å². The number of hydrogen-bond acceptors (Lipinski definition) is 3. The van der Waals surface area contributed by atoms with Gasteiger partial charge in [-0.25, -0.2) is 4.68 Å². The maximum absolute atomic E-state index is 5.71. The van der Waals surface area contributed by atoms with Crippen molar-refractivity contribution in [3.05, 3.63) is 72.9 Å². The fraction of sp³-hybridized carbons (Fsp3) is 0. The van der Waals surface area contributed by atoms with Crippen LogP contribution in [0.2, 0.25) is 0 Å². The standard InChI is InChI=1S/C18H14N4/c19-16-7-9-17(10-8-16)22-12-18(20-21-22)15-6-5-13-3-1-2-4-14(13)11-15/h1-12H,19H2. The largest absolute Gasteiger partial charge is 0.399 e. The average molecular weight is 286 g/mol. The number of hydrogen-bond donors (Lipinski definition) is 1. The van der Waals surface area contributed by atoms with Crippen molar-refractivity contribution in [3.8, 4) is 16.9 Å². The van der Waals surface area contributed by atoms with Gasteiger partial charge in [-0.15, -0.1) is 5.10 Å². The summed E-state index contributed by atoms with van der Waals surface area (Å²) < 4.78 is 1.75. The molecular formula is C18H14N4. The van der Waals surface area contributed by atoms with Crippen LogP contribution in [0, 0.1) is 0 Å². The molecule has 4 nitrogen and oxygen atoms in total. The van der Waals surface area contributed by atoms with Crippen LogP contribution in [0.3, 0.4) is 0 Å². The van der Waals surface area contributed by atoms with Crippen LogP contribution in [-0.2, 0) is 0 Å². The third-order valence-corrected chi connectivity index (χ3v) is 3.70. The number of aromatic nitrogens is 3. The lowest BCUT2D eigenvalue weighted by atomic mass is 10.1. The number of anilines is 1. The topological polar surface area (TPSA) is 56.7 Å². The number of benzene rings is 3. The summed E-state index contributed by atoms with van der Waals surface area (Å²) in [6.45, 7) is 0. The molecule has 0 amide bonds. The normalized spacial score (nSPS) is 10.9. The first kappa shape index (κ1) is 12.6. The molecule has 4 rings (SSSR count). The first-order valence-corrected chi connectivity index (χ1v) is 7.07. The van der Waals surface area contributed by atoms with E-state index < -0.39 is 0 Å². The second kappa shape index (κ2) is 5.00. The molecule has 0 saturated heterocycles. The van der Waals surface area contributed by atoms with Gasteiger partial charge in [0.1, 0.15) is 5.69 Å². The van der Waals surface area contributed by atoms with Crippen molar-refractivity contribution < 1.29 is 0 Å². The Bertz CT molecular complexity index is 939. The van der Waals surface area contributed by atoms with Gasteiger partial charge in [0.25, 0.3) is 0 Å². The third kappa shape index (κ3) is 2.20. The average Bonchev–Trinajstić information content (AvgIpc) is 3.05. The zero-order valence-corrected chi connectivity index (χ0v) is 11.8. The highest BCUT2D eigenvalue weighted by atomic mass is 15.4. The summed E-state index contributed by atoms with van der Waals surface area (Å²) in [5.41, 5.74) is 9.29. The van der Waals surface area contributed by atoms with Crippen LogP contribution in [0.4, 0.5) is 5.69 Å². The second-order valence-corrected chi connectivity index (χ2v) is 5.20. The van der Waals surface area contributed by atoms with Crippen molar-refractivity contribution in [1.82, 2.24) is 15.0 Å². The molecule has 0 bridgehead atoms. The highest BCUT2D eigenvalue weighted by molar-refractivity contribution is 5.86. The molecule has 0 radical (unpaired) electrons. The monoisotopic (exact) mass is 286 g/mol. The van der Waals surface area contributed by atoms with E-state index in [4.69, 9.17) is 5.73 Å². The van der Waals surface area contributed by atoms with Gasteiger partial charge in [-0.1, -0.05) is 41.6 Å². The molecule has 106 valence electrons. The van der Waals surface area contributed by atoms with Gasteiger partial charge < -0.3 is 5.73 Å². The van der Waals surface area contributed by atoms with Crippen molar-refractivity contribution in [1.29, 1.82) is 0 Å². The fourth-order valence-corrected chi connectivity index (χ4v) is 2.50. The van der Waals surface area contributed by atoms with E-state index in [1.165, 1.54) is 10.8 Å². The molecule has 1 aromatic heterocycles. The van der Waals surface area contributed by atoms with Crippen LogP contribution in [0.1, 0.15) is 0 Å². The van der Waals surface area contributed by atoms with E-state index >= 15 is 0 Å². The lowest BCUT2D eigenvalue weighted by Gasteiger charge is -2.01. The molecular weight excluding hydrogens is 272 g/mol. The van der Waals surface area contributed by atoms with Crippen molar-refractivity contribution in [3.63, 3.8) is 0 Å². The Morgan fingerprint density at radius 2 is 1.59 bits per heavy atom. The highest BCUT2D eigenvalue weighted by Crippen LogP contribution is 2.23. The first-order valence-electron chi connectivity index (χ1n) is 7.07. The van der Waals surface area contributed by atoms with Gasteiger partial charge in [-0.2, -0.15) is 0 Å². The number of nitrogens with zero attached hydrogens (tertiary/aromatic N) is 3. The lowest BCUT2D eigenvalue weighted by Crippen LogP contribution is -1.95. The molecule has 4 heteroatoms. The maximum atomic E-state index is 5.71. The van der Waals surface area contributed by atoms with Gasteiger partial charge in [0, 0.05) is 11.3 Å². The summed E-state index contributed by atoms with van der Waals surface area (Å²) in [4.78, 5) is 0. The molecule has 2 N–H and O–H groups in total. The molecule has 3 aromatic carbocycles. The van der Waals surface area contributed by atoms with Crippen LogP contribution >= 0.6 is 0 Å². The van der Waals surface area contributed by atoms with Gasteiger partial charge >= 0.3 is 0 Å². The minimum atomic E-state index is 0.735. The number of fused-ring (bicyclic) bond motifs is 1. The van der Waals surface area contributed by atoms with Crippen molar-refractivity contribution in [2.45, 2.75) is 0 Å². The lowest BCUT2D eigenvalue weighted by molar-refractivity contribution is 0.804. The Hall–Kier alpha value is -3.14. The zero-order valence-electron chi connectivity index (χ0n) is 11.8. The van der Waals surface area contributed by atoms with Crippen LogP contribution in [-0.4, -0.2) is 15.0 Å². The molecule has 0 aliphatic carbocycles. The van der Waals surface area contributed by atoms with Gasteiger partial charge in [-0.05, 0) is 41.1 Å². The molecule has 0 saturated carbocycles. The van der Waals surface area contributed by atoms with E-state index in [2.05, 4.69) is 40.6 Å². The number of nitrogen functional groups attached to an aromatic ring is 1. The molecule has 0 aliphatic rings. The second-order valence-electron chi connectivity index (χ2n) is 5.20. The minimum Gasteiger partial charge on any atom is -0.399 e. The van der Waals surface area contributed by atoms with E-state index in [0.29, 0.717) is 0 Å². The number of rotatable bonds is 2. The van der Waals surface area contributed by atoms with Gasteiger partial charge in [0.15, 0.2) is 0 Å². The Morgan fingerprint density at radius 1 is 0.818 bits per heavy atom. The summed E-state index contributed by atoms with van der Waals surface area (Å²) in [7, 11) is 0. The van der Waals surface area contributed by atoms with Gasteiger partial charge in [0.05, 0.1) is 11.9 Å². The Labute approximate surface area is 127 Å². The molecule has 22 heavy (non-hydrogen) atoms. The maximum Gasteiger partial charge on any atom is 0.113 e. The summed E-state index contributed by atoms with van der Waals surface area (Å²) in [5, 5.41) is 10.9. The van der Waals surface area contributed by atoms with E-state index in [1.807, 2.05) is 42.6 Å². The molecule has 0 aliphatic heterocycles. The molecule has 0 fully saturated rings. The van der Waals surface area contributed by atoms with E-state index in [1.54, 1.807) is 4.68 Å². The number of nitrogens with two attached hydrogens (primary N) is 1. The first-order chi connectivity index (χ1) is 10.8. The molecule has 0 atom stereocenters. The minimum absolute atomic E-state index is 0.735. The SMILES string of the molecule is Nc1ccc(-n2cc(-c3ccc4ccccc4c3)nn2)cc1. The van der Waals surface area contributed by atoms with E-state index in [9.17, 15) is 0 Å². The zero-order chi connectivity index (χ0) is 14.9. The molecule has 4 aromatic rings. The van der Waals surface area contributed by atoms with Gasteiger partial charge in [0.2, 0.25) is 0 Å². The predicted molar refractivity (Wildman–Crippen MR) is 88.7 cm³/mol. The Kier molecular flexibility index (Phi) is 2.86. The van der Waals surface area contributed by atoms with Crippen LogP contribution in [0.5, 0.6) is 0 Å². The van der Waals surface area contributed by atoms with E-state index in [-0.39, 0.29) is 0 Å². The van der Waals surface area contributed by atoms with Crippen LogP contribution in [0.25, 0.3) is 27.7 Å². The summed E-state index contributed by atoms with van der Waals surface area (Å²) >= 11 is 0.